The lowest BCUT2D eigenvalue weighted by molar-refractivity contribution is 0.676. The second kappa shape index (κ2) is 12.1. The fraction of sp³-hybridized carbons (Fsp3) is 0. The van der Waals surface area contributed by atoms with E-state index in [4.69, 9.17) is 4.42 Å². The van der Waals surface area contributed by atoms with E-state index < -0.39 is 0 Å². The van der Waals surface area contributed by atoms with E-state index in [1.807, 2.05) is 11.3 Å². The molecule has 0 spiro atoms. The number of thiophene rings is 1. The van der Waals surface area contributed by atoms with Crippen LogP contribution in [-0.2, 0) is 0 Å². The Kier molecular flexibility index (Phi) is 6.66. The maximum absolute atomic E-state index is 6.73. The highest BCUT2D eigenvalue weighted by molar-refractivity contribution is 7.25. The molecule has 2 aromatic heterocycles. The lowest BCUT2D eigenvalue weighted by Crippen LogP contribution is -1.91. The van der Waals surface area contributed by atoms with Gasteiger partial charge in [-0.2, -0.15) is 0 Å². The van der Waals surface area contributed by atoms with Crippen molar-refractivity contribution in [3.63, 3.8) is 0 Å². The van der Waals surface area contributed by atoms with E-state index in [1.165, 1.54) is 96.6 Å². The van der Waals surface area contributed by atoms with Crippen molar-refractivity contribution < 1.29 is 4.42 Å². The highest BCUT2D eigenvalue weighted by Crippen LogP contribution is 2.48. The van der Waals surface area contributed by atoms with Crippen LogP contribution in [-0.4, -0.2) is 0 Å². The van der Waals surface area contributed by atoms with Gasteiger partial charge in [0.15, 0.2) is 0 Å². The third kappa shape index (κ3) is 4.52. The Balaban J connectivity index is 1.00. The van der Waals surface area contributed by atoms with Crippen molar-refractivity contribution in [2.45, 2.75) is 0 Å². The van der Waals surface area contributed by atoms with Gasteiger partial charge in [0.05, 0.1) is 0 Å². The van der Waals surface area contributed by atoms with Crippen LogP contribution < -0.4 is 0 Å². The summed E-state index contributed by atoms with van der Waals surface area (Å²) >= 11 is 1.89. The minimum absolute atomic E-state index is 0.950. The number of benzene rings is 11. The van der Waals surface area contributed by atoms with Gasteiger partial charge < -0.3 is 4.42 Å². The SMILES string of the molecule is c1ccc2c(-c3c4ccccc4c(-c4ccc5c(c4)sc4cc(-c6cc7c8ccc9ccccc9c8oc7c7ccccc67)ccc45)c4ccccc34)cccc2c1. The van der Waals surface area contributed by atoms with Gasteiger partial charge in [0.2, 0.25) is 0 Å². The third-order valence-corrected chi connectivity index (χ3v) is 13.5. The maximum Gasteiger partial charge on any atom is 0.143 e. The Hall–Kier alpha value is -7.26. The Morgan fingerprint density at radius 3 is 1.47 bits per heavy atom. The van der Waals surface area contributed by atoms with Crippen molar-refractivity contribution in [2.24, 2.45) is 0 Å². The fourth-order valence-electron chi connectivity index (χ4n) is 9.84. The highest BCUT2D eigenvalue weighted by atomic mass is 32.1. The fourth-order valence-corrected chi connectivity index (χ4v) is 11.0. The molecule has 268 valence electrons. The first-order chi connectivity index (χ1) is 28.8. The zero-order valence-corrected chi connectivity index (χ0v) is 32.1. The first-order valence-electron chi connectivity index (χ1n) is 19.9. The maximum atomic E-state index is 6.73. The van der Waals surface area contributed by atoms with Crippen LogP contribution in [0.4, 0.5) is 0 Å². The molecule has 0 unspecified atom stereocenters. The molecule has 0 saturated heterocycles. The van der Waals surface area contributed by atoms with Crippen LogP contribution >= 0.6 is 11.3 Å². The monoisotopic (exact) mass is 752 g/mol. The largest absolute Gasteiger partial charge is 0.455 e. The summed E-state index contributed by atoms with van der Waals surface area (Å²) in [5.41, 5.74) is 9.44. The number of rotatable bonds is 3. The molecule has 0 aliphatic carbocycles. The Labute approximate surface area is 337 Å². The molecule has 0 fully saturated rings. The van der Waals surface area contributed by atoms with Crippen LogP contribution in [0.1, 0.15) is 0 Å². The number of fused-ring (bicyclic) bond motifs is 13. The quantitative estimate of drug-likeness (QED) is 0.164. The van der Waals surface area contributed by atoms with Gasteiger partial charge in [0.1, 0.15) is 11.2 Å². The van der Waals surface area contributed by atoms with E-state index in [9.17, 15) is 0 Å². The molecular weight excluding hydrogens is 721 g/mol. The minimum atomic E-state index is 0.950. The van der Waals surface area contributed by atoms with Crippen molar-refractivity contribution >= 4 is 107 Å². The molecule has 13 rings (SSSR count). The zero-order valence-electron chi connectivity index (χ0n) is 31.3. The van der Waals surface area contributed by atoms with E-state index in [-0.39, 0.29) is 0 Å². The number of furan rings is 1. The molecule has 2 heteroatoms. The van der Waals surface area contributed by atoms with Crippen LogP contribution in [0.15, 0.2) is 199 Å². The second-order valence-electron chi connectivity index (χ2n) is 15.5. The average molecular weight is 753 g/mol. The van der Waals surface area contributed by atoms with Crippen LogP contribution in [0.3, 0.4) is 0 Å². The average Bonchev–Trinajstić information content (AvgIpc) is 3.86. The lowest BCUT2D eigenvalue weighted by Gasteiger charge is -2.18. The molecule has 11 aromatic carbocycles. The normalized spacial score (nSPS) is 12.1. The third-order valence-electron chi connectivity index (χ3n) is 12.4. The van der Waals surface area contributed by atoms with Crippen molar-refractivity contribution in [3.8, 4) is 33.4 Å². The van der Waals surface area contributed by atoms with E-state index in [2.05, 4.69) is 194 Å². The van der Waals surface area contributed by atoms with E-state index in [1.54, 1.807) is 0 Å². The molecule has 0 aliphatic rings. The predicted octanol–water partition coefficient (Wildman–Crippen LogP) is 16.7. The van der Waals surface area contributed by atoms with Crippen molar-refractivity contribution in [2.75, 3.05) is 0 Å². The Bertz CT molecular complexity index is 3800. The Morgan fingerprint density at radius 1 is 0.276 bits per heavy atom. The van der Waals surface area contributed by atoms with Gasteiger partial charge in [-0.1, -0.05) is 170 Å². The molecule has 13 aromatic rings. The summed E-state index contributed by atoms with van der Waals surface area (Å²) in [7, 11) is 0. The molecule has 0 atom stereocenters. The summed E-state index contributed by atoms with van der Waals surface area (Å²) in [5.74, 6) is 0. The Morgan fingerprint density at radius 2 is 0.759 bits per heavy atom. The van der Waals surface area contributed by atoms with Gasteiger partial charge in [0.25, 0.3) is 0 Å². The first-order valence-corrected chi connectivity index (χ1v) is 20.7. The van der Waals surface area contributed by atoms with Gasteiger partial charge in [-0.3, -0.25) is 0 Å². The zero-order chi connectivity index (χ0) is 37.9. The van der Waals surface area contributed by atoms with Crippen LogP contribution in [0.5, 0.6) is 0 Å². The number of hydrogen-bond donors (Lipinski definition) is 0. The topological polar surface area (TPSA) is 13.1 Å². The molecule has 0 N–H and O–H groups in total. The highest BCUT2D eigenvalue weighted by Gasteiger charge is 2.20. The van der Waals surface area contributed by atoms with Gasteiger partial charge in [-0.25, -0.2) is 0 Å². The van der Waals surface area contributed by atoms with Crippen molar-refractivity contribution in [1.82, 2.24) is 0 Å². The van der Waals surface area contributed by atoms with Crippen molar-refractivity contribution in [3.05, 3.63) is 194 Å². The molecule has 1 nitrogen and oxygen atoms in total. The smallest absolute Gasteiger partial charge is 0.143 e. The molecule has 2 heterocycles. The number of hydrogen-bond acceptors (Lipinski definition) is 2. The van der Waals surface area contributed by atoms with Crippen LogP contribution in [0, 0.1) is 0 Å². The molecule has 0 bridgehead atoms. The summed E-state index contributed by atoms with van der Waals surface area (Å²) in [4.78, 5) is 0. The standard InChI is InChI=1S/C56H32OS/c1-3-15-37-33(12-1)14-11-23-42(37)54-45-20-8-6-18-43(45)53(44-19-7-9-21-46(44)54)36-26-28-41-40-27-25-35(30-51(40)58-52(41)31-36)49-32-50-48-29-24-34-13-2-4-16-38(34)55(48)57-56(50)47-22-10-5-17-39(47)49/h1-32H. The summed E-state index contributed by atoms with van der Waals surface area (Å²) < 4.78 is 9.31. The molecule has 0 aliphatic heterocycles. The second-order valence-corrected chi connectivity index (χ2v) is 16.6. The minimum Gasteiger partial charge on any atom is -0.455 e. The summed E-state index contributed by atoms with van der Waals surface area (Å²) in [6, 6.07) is 71.5. The predicted molar refractivity (Wildman–Crippen MR) is 250 cm³/mol. The van der Waals surface area contributed by atoms with Crippen molar-refractivity contribution in [1.29, 1.82) is 0 Å². The molecule has 0 radical (unpaired) electrons. The molecule has 58 heavy (non-hydrogen) atoms. The summed E-state index contributed by atoms with van der Waals surface area (Å²) in [6.07, 6.45) is 0. The van der Waals surface area contributed by atoms with Crippen LogP contribution in [0.2, 0.25) is 0 Å². The van der Waals surface area contributed by atoms with E-state index in [0.29, 0.717) is 0 Å². The van der Waals surface area contributed by atoms with Gasteiger partial charge in [0, 0.05) is 41.7 Å². The first kappa shape index (κ1) is 31.9. The van der Waals surface area contributed by atoms with Gasteiger partial charge in [-0.05, 0) is 101 Å². The molecule has 0 saturated carbocycles. The molecular formula is C56H32OS. The van der Waals surface area contributed by atoms with Gasteiger partial charge >= 0.3 is 0 Å². The molecule has 0 amide bonds. The van der Waals surface area contributed by atoms with Crippen LogP contribution in [0.25, 0.3) is 129 Å². The van der Waals surface area contributed by atoms with E-state index in [0.717, 1.165) is 32.7 Å². The van der Waals surface area contributed by atoms with E-state index >= 15 is 0 Å². The lowest BCUT2D eigenvalue weighted by atomic mass is 9.84. The summed E-state index contributed by atoms with van der Waals surface area (Å²) in [5, 5.41) is 17.2. The van der Waals surface area contributed by atoms with Gasteiger partial charge in [-0.15, -0.1) is 11.3 Å². The summed E-state index contributed by atoms with van der Waals surface area (Å²) in [6.45, 7) is 0.